The SMILES string of the molecule is Cc1cc(=O)c(C(=O)N[C@@H](c2cccs2)C(C)C)nn1-c1ccccc1[N+](=O)[O-]. The summed E-state index contributed by atoms with van der Waals surface area (Å²) in [4.78, 5) is 37.1. The van der Waals surface area contributed by atoms with Crippen molar-refractivity contribution in [3.8, 4) is 5.69 Å². The Morgan fingerprint density at radius 2 is 1.97 bits per heavy atom. The van der Waals surface area contributed by atoms with E-state index in [1.807, 2.05) is 31.4 Å². The van der Waals surface area contributed by atoms with Crippen LogP contribution in [0.25, 0.3) is 5.69 Å². The summed E-state index contributed by atoms with van der Waals surface area (Å²) in [6.45, 7) is 5.55. The van der Waals surface area contributed by atoms with E-state index < -0.39 is 16.3 Å². The number of aromatic nitrogens is 2. The molecule has 0 aliphatic heterocycles. The van der Waals surface area contributed by atoms with Crippen molar-refractivity contribution >= 4 is 22.9 Å². The van der Waals surface area contributed by atoms with Gasteiger partial charge in [0, 0.05) is 22.7 Å². The van der Waals surface area contributed by atoms with Gasteiger partial charge in [0.15, 0.2) is 5.69 Å². The van der Waals surface area contributed by atoms with Crippen molar-refractivity contribution in [2.75, 3.05) is 0 Å². The molecule has 1 N–H and O–H groups in total. The highest BCUT2D eigenvalue weighted by Gasteiger charge is 2.24. The molecule has 3 aromatic rings. The normalized spacial score (nSPS) is 12.0. The lowest BCUT2D eigenvalue weighted by molar-refractivity contribution is -0.384. The number of nitro groups is 1. The highest BCUT2D eigenvalue weighted by atomic mass is 32.1. The average molecular weight is 412 g/mol. The highest BCUT2D eigenvalue weighted by molar-refractivity contribution is 7.10. The highest BCUT2D eigenvalue weighted by Crippen LogP contribution is 2.26. The molecule has 1 atom stereocenters. The molecule has 2 heterocycles. The summed E-state index contributed by atoms with van der Waals surface area (Å²) in [6, 6.07) is 10.8. The first kappa shape index (κ1) is 20.4. The Morgan fingerprint density at radius 1 is 1.24 bits per heavy atom. The number of nitrogens with zero attached hydrogens (tertiary/aromatic N) is 3. The van der Waals surface area contributed by atoms with E-state index in [4.69, 9.17) is 0 Å². The number of para-hydroxylation sites is 2. The molecule has 0 radical (unpaired) electrons. The zero-order valence-electron chi connectivity index (χ0n) is 16.2. The minimum Gasteiger partial charge on any atom is -0.343 e. The van der Waals surface area contributed by atoms with Crippen LogP contribution in [0.3, 0.4) is 0 Å². The van der Waals surface area contributed by atoms with E-state index in [9.17, 15) is 19.7 Å². The fourth-order valence-corrected chi connectivity index (χ4v) is 3.94. The van der Waals surface area contributed by atoms with Crippen molar-refractivity contribution < 1.29 is 9.72 Å². The topological polar surface area (TPSA) is 107 Å². The van der Waals surface area contributed by atoms with Gasteiger partial charge >= 0.3 is 0 Å². The number of amides is 1. The Kier molecular flexibility index (Phi) is 5.88. The molecule has 0 unspecified atom stereocenters. The number of thiophene rings is 1. The number of nitro benzene ring substituents is 1. The molecule has 0 spiro atoms. The first-order valence-corrected chi connectivity index (χ1v) is 9.86. The quantitative estimate of drug-likeness (QED) is 0.491. The van der Waals surface area contributed by atoms with E-state index in [0.29, 0.717) is 5.69 Å². The fraction of sp³-hybridized carbons (Fsp3) is 0.250. The van der Waals surface area contributed by atoms with Crippen LogP contribution in [0, 0.1) is 23.0 Å². The van der Waals surface area contributed by atoms with Gasteiger partial charge in [0.05, 0.1) is 11.0 Å². The number of carbonyl (C=O) groups excluding carboxylic acids is 1. The molecule has 0 fully saturated rings. The lowest BCUT2D eigenvalue weighted by Gasteiger charge is -2.21. The standard InChI is InChI=1S/C20H20N4O4S/c1-12(2)18(17-9-6-10-29-17)21-20(26)19-16(25)11-13(3)23(22-19)14-7-4-5-8-15(14)24(27)28/h4-12,18H,1-3H3,(H,21,26)/t18-/m1/s1. The van der Waals surface area contributed by atoms with E-state index in [1.165, 1.54) is 34.2 Å². The predicted octanol–water partition coefficient (Wildman–Crippen LogP) is 3.64. The number of hydrogen-bond donors (Lipinski definition) is 1. The molecule has 0 aliphatic carbocycles. The first-order valence-electron chi connectivity index (χ1n) is 8.98. The molecule has 0 aliphatic rings. The lowest BCUT2D eigenvalue weighted by atomic mass is 10.0. The molecule has 0 saturated heterocycles. The third-order valence-corrected chi connectivity index (χ3v) is 5.39. The maximum Gasteiger partial charge on any atom is 0.294 e. The van der Waals surface area contributed by atoms with Gasteiger partial charge in [-0.25, -0.2) is 4.68 Å². The molecule has 3 rings (SSSR count). The van der Waals surface area contributed by atoms with Gasteiger partial charge in [0.2, 0.25) is 5.43 Å². The zero-order chi connectivity index (χ0) is 21.1. The second-order valence-corrected chi connectivity index (χ2v) is 7.85. The summed E-state index contributed by atoms with van der Waals surface area (Å²) < 4.78 is 1.25. The van der Waals surface area contributed by atoms with Crippen molar-refractivity contribution in [3.63, 3.8) is 0 Å². The van der Waals surface area contributed by atoms with Crippen LogP contribution in [-0.2, 0) is 0 Å². The number of benzene rings is 1. The van der Waals surface area contributed by atoms with Crippen molar-refractivity contribution in [2.24, 2.45) is 5.92 Å². The Bertz CT molecular complexity index is 1110. The second kappa shape index (κ2) is 8.36. The molecule has 0 bridgehead atoms. The summed E-state index contributed by atoms with van der Waals surface area (Å²) in [5.41, 5.74) is -0.446. The van der Waals surface area contributed by atoms with Gasteiger partial charge in [-0.2, -0.15) is 5.10 Å². The minimum absolute atomic E-state index is 0.0977. The van der Waals surface area contributed by atoms with Crippen LogP contribution >= 0.6 is 11.3 Å². The van der Waals surface area contributed by atoms with Crippen LogP contribution in [0.1, 0.15) is 40.9 Å². The van der Waals surface area contributed by atoms with E-state index in [1.54, 1.807) is 19.1 Å². The first-order chi connectivity index (χ1) is 13.8. The van der Waals surface area contributed by atoms with E-state index in [-0.39, 0.29) is 29.0 Å². The molecule has 1 amide bonds. The molecular weight excluding hydrogens is 392 g/mol. The maximum absolute atomic E-state index is 12.9. The molecule has 29 heavy (non-hydrogen) atoms. The number of carbonyl (C=O) groups is 1. The van der Waals surface area contributed by atoms with Crippen LogP contribution in [0.4, 0.5) is 5.69 Å². The number of nitrogens with one attached hydrogen (secondary N) is 1. The molecule has 0 saturated carbocycles. The third-order valence-electron chi connectivity index (χ3n) is 4.43. The largest absolute Gasteiger partial charge is 0.343 e. The van der Waals surface area contributed by atoms with Gasteiger partial charge < -0.3 is 5.32 Å². The summed E-state index contributed by atoms with van der Waals surface area (Å²) in [6.07, 6.45) is 0. The van der Waals surface area contributed by atoms with Gasteiger partial charge in [-0.1, -0.05) is 32.0 Å². The average Bonchev–Trinajstić information content (AvgIpc) is 3.20. The van der Waals surface area contributed by atoms with Gasteiger partial charge in [-0.3, -0.25) is 19.7 Å². The van der Waals surface area contributed by atoms with Crippen LogP contribution in [-0.4, -0.2) is 20.6 Å². The molecular formula is C20H20N4O4S. The molecule has 8 nitrogen and oxygen atoms in total. The predicted molar refractivity (Wildman–Crippen MR) is 111 cm³/mol. The van der Waals surface area contributed by atoms with Crippen molar-refractivity contribution in [1.82, 2.24) is 15.1 Å². The summed E-state index contributed by atoms with van der Waals surface area (Å²) in [5, 5.41) is 20.3. The van der Waals surface area contributed by atoms with Crippen molar-refractivity contribution in [3.05, 3.63) is 84.4 Å². The smallest absolute Gasteiger partial charge is 0.294 e. The second-order valence-electron chi connectivity index (χ2n) is 6.87. The van der Waals surface area contributed by atoms with Gasteiger partial charge in [0.1, 0.15) is 5.69 Å². The molecule has 9 heteroatoms. The summed E-state index contributed by atoms with van der Waals surface area (Å²) >= 11 is 1.51. The monoisotopic (exact) mass is 412 g/mol. The van der Waals surface area contributed by atoms with Crippen molar-refractivity contribution in [1.29, 1.82) is 0 Å². The van der Waals surface area contributed by atoms with Crippen LogP contribution in [0.5, 0.6) is 0 Å². The maximum atomic E-state index is 12.9. The van der Waals surface area contributed by atoms with E-state index >= 15 is 0 Å². The Balaban J connectivity index is 2.03. The Hall–Kier alpha value is -3.33. The van der Waals surface area contributed by atoms with Gasteiger partial charge in [-0.15, -0.1) is 11.3 Å². The molecule has 2 aromatic heterocycles. The van der Waals surface area contributed by atoms with E-state index in [2.05, 4.69) is 10.4 Å². The van der Waals surface area contributed by atoms with Crippen LogP contribution < -0.4 is 10.7 Å². The fourth-order valence-electron chi connectivity index (χ4n) is 2.99. The Morgan fingerprint density at radius 3 is 2.59 bits per heavy atom. The Labute approximate surface area is 171 Å². The van der Waals surface area contributed by atoms with Gasteiger partial charge in [0.25, 0.3) is 11.6 Å². The van der Waals surface area contributed by atoms with Crippen molar-refractivity contribution in [2.45, 2.75) is 26.8 Å². The lowest BCUT2D eigenvalue weighted by Crippen LogP contribution is -2.36. The minimum atomic E-state index is -0.616. The zero-order valence-corrected chi connectivity index (χ0v) is 17.0. The number of aryl methyl sites for hydroxylation is 1. The van der Waals surface area contributed by atoms with Crippen LogP contribution in [0.2, 0.25) is 0 Å². The third kappa shape index (κ3) is 4.24. The van der Waals surface area contributed by atoms with E-state index in [0.717, 1.165) is 4.88 Å². The summed E-state index contributed by atoms with van der Waals surface area (Å²) in [5.74, 6) is -0.519. The molecule has 1 aromatic carbocycles. The van der Waals surface area contributed by atoms with Crippen LogP contribution in [0.15, 0.2) is 52.6 Å². The molecule has 150 valence electrons. The number of rotatable bonds is 6. The number of hydrogen-bond acceptors (Lipinski definition) is 6. The van der Waals surface area contributed by atoms with Gasteiger partial charge in [-0.05, 0) is 30.4 Å². The summed E-state index contributed by atoms with van der Waals surface area (Å²) in [7, 11) is 0.